The van der Waals surface area contributed by atoms with Crippen LogP contribution in [-0.4, -0.2) is 19.6 Å². The van der Waals surface area contributed by atoms with E-state index in [9.17, 15) is 5.11 Å². The van der Waals surface area contributed by atoms with E-state index in [2.05, 4.69) is 11.1 Å². The van der Waals surface area contributed by atoms with Gasteiger partial charge in [0.05, 0.1) is 27.8 Å². The number of fused-ring (bicyclic) bond motifs is 1. The van der Waals surface area contributed by atoms with E-state index in [-0.39, 0.29) is 49.2 Å². The van der Waals surface area contributed by atoms with Crippen LogP contribution in [0.4, 0.5) is 0 Å². The first kappa shape index (κ1) is 25.0. The third-order valence-corrected chi connectivity index (χ3v) is 10.0. The number of benzene rings is 6. The van der Waals surface area contributed by atoms with E-state index in [1.54, 1.807) is 25.1 Å². The van der Waals surface area contributed by atoms with Crippen molar-refractivity contribution >= 4 is 11.0 Å². The normalized spacial score (nSPS) is 16.7. The first-order valence-corrected chi connectivity index (χ1v) is 18.5. The topological polar surface area (TPSA) is 50.9 Å². The van der Waals surface area contributed by atoms with Crippen molar-refractivity contribution in [3.05, 3.63) is 167 Å². The smallest absolute Gasteiger partial charge is 0.148 e. The van der Waals surface area contributed by atoms with Gasteiger partial charge in [-0.3, -0.25) is 9.55 Å². The zero-order valence-corrected chi connectivity index (χ0v) is 34.8. The second-order valence-electron chi connectivity index (χ2n) is 15.4. The molecule has 294 valence electrons. The summed E-state index contributed by atoms with van der Waals surface area (Å²) in [5.74, 6) is 0.396. The predicted octanol–water partition coefficient (Wildman–Crippen LogP) is 13.8. The number of hydrogen-bond acceptors (Lipinski definition) is 3. The largest absolute Gasteiger partial charge is 0.507 e. The summed E-state index contributed by atoms with van der Waals surface area (Å²) in [6, 6.07) is 30.1. The number of phenols is 1. The van der Waals surface area contributed by atoms with E-state index in [4.69, 9.17) is 26.9 Å². The number of pyridine rings is 1. The number of aryl methyl sites for hydroxylation is 3. The van der Waals surface area contributed by atoms with Gasteiger partial charge in [-0.25, -0.2) is 4.98 Å². The fraction of sp³-hybridized carbons (Fsp3) is 0.208. The third kappa shape index (κ3) is 7.83. The van der Waals surface area contributed by atoms with Crippen molar-refractivity contribution in [1.82, 2.24) is 14.5 Å². The van der Waals surface area contributed by atoms with Crippen LogP contribution >= 0.6 is 0 Å². The number of aromatic nitrogens is 3. The molecule has 0 aliphatic carbocycles. The Kier molecular flexibility index (Phi) is 6.75. The Labute approximate surface area is 380 Å². The summed E-state index contributed by atoms with van der Waals surface area (Å²) < 4.78 is 137. The average molecular weight is 956 g/mol. The monoisotopic (exact) mass is 955 g/mol. The minimum Gasteiger partial charge on any atom is -0.507 e. The van der Waals surface area contributed by atoms with Crippen LogP contribution in [-0.2, 0) is 31.9 Å². The number of imidazole rings is 1. The summed E-state index contributed by atoms with van der Waals surface area (Å²) in [6.45, 7) is -4.10. The van der Waals surface area contributed by atoms with Crippen molar-refractivity contribution in [3.63, 3.8) is 0 Å². The van der Waals surface area contributed by atoms with E-state index in [0.29, 0.717) is 55.9 Å². The van der Waals surface area contributed by atoms with E-state index in [1.807, 2.05) is 105 Å². The number of aromatic hydroxyl groups is 1. The Morgan fingerprint density at radius 2 is 1.41 bits per heavy atom. The Morgan fingerprint density at radius 1 is 0.672 bits per heavy atom. The van der Waals surface area contributed by atoms with Crippen molar-refractivity contribution < 1.29 is 48.1 Å². The Morgan fingerprint density at radius 3 is 2.14 bits per heavy atom. The minimum absolute atomic E-state index is 0. The molecule has 0 saturated heterocycles. The zero-order chi connectivity index (χ0) is 53.7. The van der Waals surface area contributed by atoms with Crippen LogP contribution < -0.4 is 0 Å². The van der Waals surface area contributed by atoms with Crippen LogP contribution in [0.25, 0.3) is 72.7 Å². The van der Waals surface area contributed by atoms with Gasteiger partial charge in [0.15, 0.2) is 0 Å². The zero-order valence-electron chi connectivity index (χ0n) is 48.5. The van der Waals surface area contributed by atoms with Gasteiger partial charge in [0.2, 0.25) is 0 Å². The number of nitrogens with zero attached hydrogens (tertiary/aromatic N) is 3. The van der Waals surface area contributed by atoms with Gasteiger partial charge in [-0.2, -0.15) is 0 Å². The summed E-state index contributed by atoms with van der Waals surface area (Å²) in [5.41, 5.74) is 2.15. The summed E-state index contributed by atoms with van der Waals surface area (Å²) in [5, 5.41) is 11.7. The van der Waals surface area contributed by atoms with E-state index in [0.717, 1.165) is 16.7 Å². The molecule has 0 aliphatic heterocycles. The van der Waals surface area contributed by atoms with Gasteiger partial charge < -0.3 is 5.11 Å². The van der Waals surface area contributed by atoms with Crippen LogP contribution in [0.3, 0.4) is 0 Å². The SMILES string of the molecule is [2H]c1c([2H])c(C(C([2H])([2H])[2H])(C([2H])([2H])[2H])C([2H])([2H])[2H])c([2H])c([2H])c1-c1ccnc(-c2[c-]c(-c3cccc4c3nc(-c3cc(C)cc(C)c3O)n4-c3ccc(C([2H])([2H])[2H])cc3-c3ccccc3)cc(C(C)(C)C)c2)c1.[Pt]. The van der Waals surface area contributed by atoms with Gasteiger partial charge in [-0.1, -0.05) is 143 Å². The molecule has 6 aromatic carbocycles. The van der Waals surface area contributed by atoms with Gasteiger partial charge >= 0.3 is 0 Å². The Bertz CT molecular complexity index is 3410. The molecule has 0 radical (unpaired) electrons. The molecule has 8 aromatic rings. The van der Waals surface area contributed by atoms with E-state index >= 15 is 0 Å². The van der Waals surface area contributed by atoms with E-state index < -0.39 is 68.0 Å². The van der Waals surface area contributed by atoms with Gasteiger partial charge in [0, 0.05) is 55.0 Å². The van der Waals surface area contributed by atoms with Crippen molar-refractivity contribution in [1.29, 1.82) is 0 Å². The second-order valence-corrected chi connectivity index (χ2v) is 15.4. The summed E-state index contributed by atoms with van der Waals surface area (Å²) in [6.07, 6.45) is 1.38. The second kappa shape index (κ2) is 15.6. The van der Waals surface area contributed by atoms with Gasteiger partial charge in [-0.05, 0) is 95.2 Å². The van der Waals surface area contributed by atoms with Crippen molar-refractivity contribution in [2.75, 3.05) is 0 Å². The molecule has 0 saturated carbocycles. The molecule has 0 atom stereocenters. The molecule has 0 aliphatic rings. The quantitative estimate of drug-likeness (QED) is 0.169. The maximum atomic E-state index is 11.7. The molecule has 0 amide bonds. The summed E-state index contributed by atoms with van der Waals surface area (Å²) >= 11 is 0. The average Bonchev–Trinajstić information content (AvgIpc) is 3.68. The molecule has 8 rings (SSSR count). The number of hydrogen-bond donors (Lipinski definition) is 1. The van der Waals surface area contributed by atoms with Crippen LogP contribution in [0, 0.1) is 26.8 Å². The minimum atomic E-state index is -3.82. The maximum Gasteiger partial charge on any atom is 0.148 e. The van der Waals surface area contributed by atoms with Crippen LogP contribution in [0.1, 0.15) is 91.1 Å². The number of rotatable bonds is 6. The molecule has 4 nitrogen and oxygen atoms in total. The third-order valence-electron chi connectivity index (χ3n) is 10.0. The molecular formula is C53H50N3OPt-. The van der Waals surface area contributed by atoms with Crippen molar-refractivity contribution in [2.24, 2.45) is 0 Å². The standard InChI is InChI=1S/C53H50N3O.Pt/c1-33-18-23-47(44(27-33)37-14-11-10-12-15-37)56-48-17-13-16-43(49(48)55-51(56)45-28-34(2)26-35(3)50(45)57)39-29-40(31-42(30-39)53(7,8)9)46-32-38(24-25-54-46)36-19-21-41(22-20-36)52(4,5)6;/h10-28,30-32,57H,1-9H3;/q-1;/i1D3,4D3,5D3,6D3,19D,20D,21D,22D;. The fourth-order valence-electron chi connectivity index (χ4n) is 7.12. The summed E-state index contributed by atoms with van der Waals surface area (Å²) in [7, 11) is 0. The Balaban J connectivity index is 0.00000800. The number of phenolic OH excluding ortho intramolecular Hbond substituents is 1. The molecule has 5 heteroatoms. The van der Waals surface area contributed by atoms with Gasteiger partial charge in [0.25, 0.3) is 0 Å². The Hall–Kier alpha value is -5.57. The van der Waals surface area contributed by atoms with Crippen molar-refractivity contribution in [3.8, 4) is 67.5 Å². The summed E-state index contributed by atoms with van der Waals surface area (Å²) in [4.78, 5) is 9.95. The van der Waals surface area contributed by atoms with Crippen LogP contribution in [0.15, 0.2) is 133 Å². The molecule has 1 N–H and O–H groups in total. The molecular weight excluding hydrogens is 890 g/mol. The van der Waals surface area contributed by atoms with Crippen LogP contribution in [0.2, 0.25) is 0 Å². The first-order chi connectivity index (χ1) is 33.8. The number of para-hydroxylation sites is 1. The molecule has 2 aromatic heterocycles. The molecule has 0 unspecified atom stereocenters. The van der Waals surface area contributed by atoms with E-state index in [1.165, 1.54) is 18.3 Å². The first-order valence-electron chi connectivity index (χ1n) is 26.5. The molecule has 2 heterocycles. The molecule has 0 fully saturated rings. The molecule has 58 heavy (non-hydrogen) atoms. The van der Waals surface area contributed by atoms with Gasteiger partial charge in [-0.15, -0.1) is 29.3 Å². The molecule has 0 spiro atoms. The fourth-order valence-corrected chi connectivity index (χ4v) is 7.12. The molecule has 0 bridgehead atoms. The predicted molar refractivity (Wildman–Crippen MR) is 238 cm³/mol. The van der Waals surface area contributed by atoms with Crippen LogP contribution in [0.5, 0.6) is 5.75 Å². The van der Waals surface area contributed by atoms with Gasteiger partial charge in [0.1, 0.15) is 11.6 Å². The maximum absolute atomic E-state index is 11.7. The van der Waals surface area contributed by atoms with Crippen molar-refractivity contribution in [2.45, 2.75) is 72.9 Å².